The van der Waals surface area contributed by atoms with E-state index in [2.05, 4.69) is 19.7 Å². The van der Waals surface area contributed by atoms with E-state index in [0.29, 0.717) is 11.3 Å². The highest BCUT2D eigenvalue weighted by molar-refractivity contribution is 7.00. The maximum absolute atomic E-state index is 9.44. The lowest BCUT2D eigenvalue weighted by Gasteiger charge is -2.16. The number of aromatic nitrogens is 2. The monoisotopic (exact) mass is 270 g/mol. The molecule has 1 aromatic heterocycles. The van der Waals surface area contributed by atoms with Gasteiger partial charge in [-0.25, -0.2) is 4.85 Å². The zero-order chi connectivity index (χ0) is 14.2. The normalized spacial score (nSPS) is 10.9. The summed E-state index contributed by atoms with van der Waals surface area (Å²) in [6, 6.07) is 2.20. The second-order valence-corrected chi connectivity index (χ2v) is 5.57. The second-order valence-electron chi connectivity index (χ2n) is 5.05. The van der Waals surface area contributed by atoms with E-state index in [9.17, 15) is 5.26 Å². The van der Waals surface area contributed by atoms with E-state index in [1.807, 2.05) is 27.7 Å². The van der Waals surface area contributed by atoms with Crippen LogP contribution in [-0.2, 0) is 0 Å². The van der Waals surface area contributed by atoms with Crippen LogP contribution in [0.5, 0.6) is 0 Å². The Bertz CT molecular complexity index is 654. The van der Waals surface area contributed by atoms with Crippen LogP contribution in [0, 0.1) is 17.9 Å². The first-order chi connectivity index (χ1) is 9.02. The van der Waals surface area contributed by atoms with E-state index in [1.165, 1.54) is 0 Å². The largest absolute Gasteiger partial charge is 0.236 e. The number of benzene rings is 1. The van der Waals surface area contributed by atoms with Crippen LogP contribution in [0.2, 0.25) is 0 Å². The summed E-state index contributed by atoms with van der Waals surface area (Å²) in [7, 11) is 0. The number of hydrogen-bond acceptors (Lipinski definition) is 4. The van der Waals surface area contributed by atoms with Crippen LogP contribution < -0.4 is 0 Å². The Morgan fingerprint density at radius 3 is 2.05 bits per heavy atom. The van der Waals surface area contributed by atoms with Gasteiger partial charge in [0.15, 0.2) is 0 Å². The zero-order valence-electron chi connectivity index (χ0n) is 11.4. The summed E-state index contributed by atoms with van der Waals surface area (Å²) < 4.78 is 8.69. The molecule has 0 spiro atoms. The van der Waals surface area contributed by atoms with E-state index >= 15 is 0 Å². The zero-order valence-corrected chi connectivity index (χ0v) is 12.2. The maximum atomic E-state index is 9.44. The number of hydrogen-bond donors (Lipinski definition) is 0. The SMILES string of the molecule is [C-]#[N+]c1c(C#N)c(C(C)C)c2nsnc2c1C(C)C. The average molecular weight is 270 g/mol. The van der Waals surface area contributed by atoms with Crippen LogP contribution in [0.3, 0.4) is 0 Å². The van der Waals surface area contributed by atoms with Crippen LogP contribution in [0.25, 0.3) is 15.9 Å². The summed E-state index contributed by atoms with van der Waals surface area (Å²) in [4.78, 5) is 3.60. The van der Waals surface area contributed by atoms with E-state index in [0.717, 1.165) is 33.9 Å². The molecule has 0 bridgehead atoms. The van der Waals surface area contributed by atoms with Crippen molar-refractivity contribution in [2.45, 2.75) is 39.5 Å². The molecule has 0 aliphatic heterocycles. The lowest BCUT2D eigenvalue weighted by Crippen LogP contribution is -2.00. The molecule has 0 aliphatic carbocycles. The summed E-state index contributed by atoms with van der Waals surface area (Å²) in [5, 5.41) is 9.44. The van der Waals surface area contributed by atoms with E-state index in [-0.39, 0.29) is 11.8 Å². The summed E-state index contributed by atoms with van der Waals surface area (Å²) in [6.07, 6.45) is 0. The molecule has 0 saturated heterocycles. The van der Waals surface area contributed by atoms with Gasteiger partial charge >= 0.3 is 0 Å². The summed E-state index contributed by atoms with van der Waals surface area (Å²) in [5.41, 5.74) is 4.18. The van der Waals surface area contributed by atoms with Gasteiger partial charge in [0.2, 0.25) is 5.69 Å². The fourth-order valence-corrected chi connectivity index (χ4v) is 2.95. The molecule has 1 aromatic carbocycles. The van der Waals surface area contributed by atoms with Crippen molar-refractivity contribution in [2.75, 3.05) is 0 Å². The number of rotatable bonds is 2. The highest BCUT2D eigenvalue weighted by atomic mass is 32.1. The summed E-state index contributed by atoms with van der Waals surface area (Å²) in [5.74, 6) is 0.284. The molecule has 2 rings (SSSR count). The molecule has 2 aromatic rings. The van der Waals surface area contributed by atoms with Crippen molar-refractivity contribution >= 4 is 28.4 Å². The molecule has 1 heterocycles. The van der Waals surface area contributed by atoms with Crippen molar-refractivity contribution < 1.29 is 0 Å². The minimum Gasteiger partial charge on any atom is -0.236 e. The van der Waals surface area contributed by atoms with Gasteiger partial charge in [0.25, 0.3) is 0 Å². The molecule has 96 valence electrons. The predicted molar refractivity (Wildman–Crippen MR) is 76.6 cm³/mol. The molecule has 0 amide bonds. The van der Waals surface area contributed by atoms with Crippen molar-refractivity contribution in [1.29, 1.82) is 5.26 Å². The van der Waals surface area contributed by atoms with Crippen LogP contribution >= 0.6 is 11.7 Å². The van der Waals surface area contributed by atoms with Crippen molar-refractivity contribution in [2.24, 2.45) is 0 Å². The molecular weight excluding hydrogens is 256 g/mol. The van der Waals surface area contributed by atoms with E-state index in [1.54, 1.807) is 0 Å². The smallest absolute Gasteiger partial charge is 0.210 e. The first-order valence-electron chi connectivity index (χ1n) is 6.12. The summed E-state index contributed by atoms with van der Waals surface area (Å²) >= 11 is 1.14. The van der Waals surface area contributed by atoms with Crippen LogP contribution in [0.15, 0.2) is 0 Å². The van der Waals surface area contributed by atoms with Crippen LogP contribution in [0.1, 0.15) is 56.2 Å². The molecule has 0 saturated carbocycles. The Kier molecular flexibility index (Phi) is 3.50. The molecule has 0 aliphatic rings. The third kappa shape index (κ3) is 1.97. The fourth-order valence-electron chi connectivity index (χ4n) is 2.37. The Labute approximate surface area is 116 Å². The molecule has 0 unspecified atom stereocenters. The Hall–Kier alpha value is -1.98. The minimum atomic E-state index is 0.141. The topological polar surface area (TPSA) is 53.9 Å². The van der Waals surface area contributed by atoms with Crippen molar-refractivity contribution in [1.82, 2.24) is 8.75 Å². The first kappa shape index (κ1) is 13.5. The van der Waals surface area contributed by atoms with E-state index < -0.39 is 0 Å². The van der Waals surface area contributed by atoms with Gasteiger partial charge in [0.05, 0.1) is 35.4 Å². The third-order valence-corrected chi connectivity index (χ3v) is 3.67. The van der Waals surface area contributed by atoms with Crippen molar-refractivity contribution in [3.8, 4) is 6.07 Å². The van der Waals surface area contributed by atoms with Crippen LogP contribution in [-0.4, -0.2) is 8.75 Å². The van der Waals surface area contributed by atoms with Gasteiger partial charge in [-0.1, -0.05) is 27.7 Å². The van der Waals surface area contributed by atoms with Crippen molar-refractivity contribution in [3.63, 3.8) is 0 Å². The average Bonchev–Trinajstić information content (AvgIpc) is 2.82. The second kappa shape index (κ2) is 4.95. The third-order valence-electron chi connectivity index (χ3n) is 3.14. The minimum absolute atomic E-state index is 0.141. The predicted octanol–water partition coefficient (Wildman–Crippen LogP) is 4.36. The highest BCUT2D eigenvalue weighted by Crippen LogP contribution is 2.41. The molecule has 0 N–H and O–H groups in total. The lowest BCUT2D eigenvalue weighted by molar-refractivity contribution is 0.857. The molecule has 5 heteroatoms. The first-order valence-corrected chi connectivity index (χ1v) is 6.85. The number of nitrogens with zero attached hydrogens (tertiary/aromatic N) is 4. The lowest BCUT2D eigenvalue weighted by atomic mass is 9.88. The van der Waals surface area contributed by atoms with Gasteiger partial charge in [0, 0.05) is 0 Å². The van der Waals surface area contributed by atoms with Crippen LogP contribution in [0.4, 0.5) is 5.69 Å². The summed E-state index contributed by atoms with van der Waals surface area (Å²) in [6.45, 7) is 15.5. The Morgan fingerprint density at radius 2 is 1.63 bits per heavy atom. The van der Waals surface area contributed by atoms with Gasteiger partial charge in [0.1, 0.15) is 5.52 Å². The molecule has 0 atom stereocenters. The fraction of sp³-hybridized carbons (Fsp3) is 0.429. The maximum Gasteiger partial charge on any atom is 0.210 e. The number of fused-ring (bicyclic) bond motifs is 1. The standard InChI is InChI=1S/C14H14N4S/c1-7(2)10-9(6-15)12(16-5)11(8(3)4)14-13(10)17-19-18-14/h7-8H,1-4H3. The quantitative estimate of drug-likeness (QED) is 0.762. The molecule has 4 nitrogen and oxygen atoms in total. The van der Waals surface area contributed by atoms with Gasteiger partial charge in [-0.05, 0) is 23.0 Å². The Morgan fingerprint density at radius 1 is 1.11 bits per heavy atom. The molecule has 0 fully saturated rings. The van der Waals surface area contributed by atoms with E-state index in [4.69, 9.17) is 6.57 Å². The van der Waals surface area contributed by atoms with Gasteiger partial charge < -0.3 is 0 Å². The van der Waals surface area contributed by atoms with Gasteiger partial charge in [-0.15, -0.1) is 0 Å². The molecule has 19 heavy (non-hydrogen) atoms. The van der Waals surface area contributed by atoms with Crippen molar-refractivity contribution in [3.05, 3.63) is 28.1 Å². The highest BCUT2D eigenvalue weighted by Gasteiger charge is 2.25. The number of nitriles is 1. The molecule has 0 radical (unpaired) electrons. The Balaban J connectivity index is 3.07. The molecular formula is C14H14N4S. The van der Waals surface area contributed by atoms with Gasteiger partial charge in [-0.2, -0.15) is 14.0 Å². The van der Waals surface area contributed by atoms with Gasteiger partial charge in [-0.3, -0.25) is 0 Å².